The Morgan fingerprint density at radius 2 is 1.90 bits per heavy atom. The lowest BCUT2D eigenvalue weighted by molar-refractivity contribution is 0.0323. The lowest BCUT2D eigenvalue weighted by atomic mass is 10.1. The quantitative estimate of drug-likeness (QED) is 0.492. The van der Waals surface area contributed by atoms with Crippen molar-refractivity contribution in [3.05, 3.63) is 60.3 Å². The van der Waals surface area contributed by atoms with Crippen LogP contribution >= 0.6 is 22.9 Å². The SMILES string of the molecule is CC(OC(=O)c1sc2cc(F)ccc2c1Cl)C(=O)c1c(N)n(C)c(=O)n(C)c1=O. The fraction of sp³-hybridized carbons (Fsp3) is 0.222. The van der Waals surface area contributed by atoms with Crippen molar-refractivity contribution >= 4 is 50.6 Å². The largest absolute Gasteiger partial charge is 0.450 e. The summed E-state index contributed by atoms with van der Waals surface area (Å²) in [4.78, 5) is 49.4. The number of aromatic nitrogens is 2. The molecule has 2 heterocycles. The van der Waals surface area contributed by atoms with Gasteiger partial charge in [-0.15, -0.1) is 11.3 Å². The molecule has 152 valence electrons. The van der Waals surface area contributed by atoms with Crippen molar-refractivity contribution in [1.82, 2.24) is 9.13 Å². The zero-order chi connectivity index (χ0) is 21.6. The second kappa shape index (κ2) is 7.45. The molecule has 29 heavy (non-hydrogen) atoms. The fourth-order valence-electron chi connectivity index (χ4n) is 2.73. The topological polar surface area (TPSA) is 113 Å². The van der Waals surface area contributed by atoms with E-state index in [4.69, 9.17) is 22.1 Å². The van der Waals surface area contributed by atoms with Gasteiger partial charge in [0.15, 0.2) is 6.10 Å². The summed E-state index contributed by atoms with van der Waals surface area (Å²) < 4.78 is 20.7. The zero-order valence-electron chi connectivity index (χ0n) is 15.5. The number of hydrogen-bond acceptors (Lipinski definition) is 7. The summed E-state index contributed by atoms with van der Waals surface area (Å²) >= 11 is 7.10. The molecule has 0 bridgehead atoms. The summed E-state index contributed by atoms with van der Waals surface area (Å²) in [6, 6.07) is 3.87. The number of halogens is 2. The lowest BCUT2D eigenvalue weighted by Crippen LogP contribution is -2.43. The van der Waals surface area contributed by atoms with Gasteiger partial charge in [-0.1, -0.05) is 11.6 Å². The van der Waals surface area contributed by atoms with E-state index in [1.165, 1.54) is 39.2 Å². The molecule has 0 saturated carbocycles. The van der Waals surface area contributed by atoms with Gasteiger partial charge in [-0.2, -0.15) is 0 Å². The van der Waals surface area contributed by atoms with Crippen LogP contribution in [0, 0.1) is 5.82 Å². The number of anilines is 1. The van der Waals surface area contributed by atoms with E-state index < -0.39 is 40.5 Å². The van der Waals surface area contributed by atoms with Gasteiger partial charge in [-0.05, 0) is 25.1 Å². The third kappa shape index (κ3) is 3.45. The van der Waals surface area contributed by atoms with Crippen LogP contribution in [-0.4, -0.2) is 27.0 Å². The monoisotopic (exact) mass is 439 g/mol. The van der Waals surface area contributed by atoms with Crippen molar-refractivity contribution in [3.63, 3.8) is 0 Å². The Labute approximate surface area is 171 Å². The Bertz CT molecular complexity index is 1290. The van der Waals surface area contributed by atoms with Gasteiger partial charge in [-0.25, -0.2) is 14.0 Å². The number of carbonyl (C=O) groups is 2. The van der Waals surface area contributed by atoms with E-state index in [0.29, 0.717) is 10.1 Å². The molecule has 11 heteroatoms. The first-order chi connectivity index (χ1) is 13.5. The van der Waals surface area contributed by atoms with E-state index in [0.717, 1.165) is 20.5 Å². The molecule has 1 unspecified atom stereocenters. The van der Waals surface area contributed by atoms with Crippen LogP contribution in [0.1, 0.15) is 27.0 Å². The van der Waals surface area contributed by atoms with Gasteiger partial charge in [0.05, 0.1) is 5.02 Å². The second-order valence-corrected chi connectivity index (χ2v) is 7.69. The first kappa shape index (κ1) is 20.7. The molecule has 0 aliphatic rings. The van der Waals surface area contributed by atoms with E-state index in [-0.39, 0.29) is 15.7 Å². The highest BCUT2D eigenvalue weighted by molar-refractivity contribution is 7.21. The molecule has 0 saturated heterocycles. The Kier molecular flexibility index (Phi) is 5.33. The number of rotatable bonds is 4. The number of ether oxygens (including phenoxy) is 1. The van der Waals surface area contributed by atoms with E-state index in [1.54, 1.807) is 0 Å². The summed E-state index contributed by atoms with van der Waals surface area (Å²) in [6.07, 6.45) is -1.38. The maximum absolute atomic E-state index is 13.4. The molecule has 0 radical (unpaired) electrons. The number of Topliss-reactive ketones (excluding diaryl/α,β-unsaturated/α-hetero) is 1. The van der Waals surface area contributed by atoms with Crippen LogP contribution in [0.3, 0.4) is 0 Å². The third-order valence-electron chi connectivity index (χ3n) is 4.39. The van der Waals surface area contributed by atoms with Crippen molar-refractivity contribution in [2.45, 2.75) is 13.0 Å². The van der Waals surface area contributed by atoms with Gasteiger partial charge in [0, 0.05) is 24.2 Å². The molecule has 1 atom stereocenters. The van der Waals surface area contributed by atoms with Crippen molar-refractivity contribution in [1.29, 1.82) is 0 Å². The van der Waals surface area contributed by atoms with Gasteiger partial charge in [0.1, 0.15) is 22.1 Å². The standard InChI is InChI=1S/C18H15ClFN3O5S/c1-7(13(24)11-15(21)22(2)18(27)23(3)16(11)25)28-17(26)14-12(19)9-5-4-8(20)6-10(9)29-14/h4-7H,21H2,1-3H3. The average Bonchev–Trinajstić information content (AvgIpc) is 3.00. The molecular weight excluding hydrogens is 425 g/mol. The minimum atomic E-state index is -1.38. The Balaban J connectivity index is 1.93. The van der Waals surface area contributed by atoms with Crippen LogP contribution in [-0.2, 0) is 18.8 Å². The van der Waals surface area contributed by atoms with Crippen molar-refractivity contribution in [2.24, 2.45) is 14.1 Å². The van der Waals surface area contributed by atoms with Crippen LogP contribution in [0.5, 0.6) is 0 Å². The number of esters is 1. The van der Waals surface area contributed by atoms with Gasteiger partial charge in [-0.3, -0.25) is 18.7 Å². The predicted molar refractivity (Wildman–Crippen MR) is 107 cm³/mol. The fourth-order valence-corrected chi connectivity index (χ4v) is 4.15. The van der Waals surface area contributed by atoms with Crippen molar-refractivity contribution in [3.8, 4) is 0 Å². The highest BCUT2D eigenvalue weighted by atomic mass is 35.5. The van der Waals surface area contributed by atoms with Crippen molar-refractivity contribution in [2.75, 3.05) is 5.73 Å². The molecule has 3 aromatic rings. The first-order valence-corrected chi connectivity index (χ1v) is 9.42. The van der Waals surface area contributed by atoms with Crippen LogP contribution < -0.4 is 17.0 Å². The Morgan fingerprint density at radius 3 is 2.55 bits per heavy atom. The second-order valence-electron chi connectivity index (χ2n) is 6.26. The number of carbonyl (C=O) groups excluding carboxylic acids is 2. The maximum atomic E-state index is 13.4. The number of ketones is 1. The number of thiophene rings is 1. The number of nitrogens with two attached hydrogens (primary N) is 1. The smallest absolute Gasteiger partial charge is 0.350 e. The molecule has 2 N–H and O–H groups in total. The van der Waals surface area contributed by atoms with Gasteiger partial charge >= 0.3 is 11.7 Å². The van der Waals surface area contributed by atoms with Crippen LogP contribution in [0.25, 0.3) is 10.1 Å². The van der Waals surface area contributed by atoms with Gasteiger partial charge < -0.3 is 10.5 Å². The van der Waals surface area contributed by atoms with Gasteiger partial charge in [0.25, 0.3) is 5.56 Å². The van der Waals surface area contributed by atoms with Crippen LogP contribution in [0.15, 0.2) is 27.8 Å². The average molecular weight is 440 g/mol. The van der Waals surface area contributed by atoms with Gasteiger partial charge in [0.2, 0.25) is 5.78 Å². The summed E-state index contributed by atoms with van der Waals surface area (Å²) in [7, 11) is 2.51. The molecule has 0 amide bonds. The Morgan fingerprint density at radius 1 is 1.24 bits per heavy atom. The number of fused-ring (bicyclic) bond motifs is 1. The first-order valence-electron chi connectivity index (χ1n) is 8.22. The number of nitrogen functional groups attached to an aromatic ring is 1. The molecule has 0 spiro atoms. The molecule has 0 aliphatic heterocycles. The molecule has 8 nitrogen and oxygen atoms in total. The predicted octanol–water partition coefficient (Wildman–Crippen LogP) is 2.10. The molecular formula is C18H15ClFN3O5S. The van der Waals surface area contributed by atoms with E-state index >= 15 is 0 Å². The summed E-state index contributed by atoms with van der Waals surface area (Å²) in [5.41, 5.74) is 3.71. The summed E-state index contributed by atoms with van der Waals surface area (Å²) in [5, 5.41) is 0.548. The number of hydrogen-bond donors (Lipinski definition) is 1. The van der Waals surface area contributed by atoms with Crippen LogP contribution in [0.2, 0.25) is 5.02 Å². The van der Waals surface area contributed by atoms with E-state index in [2.05, 4.69) is 0 Å². The molecule has 0 fully saturated rings. The zero-order valence-corrected chi connectivity index (χ0v) is 17.1. The highest BCUT2D eigenvalue weighted by Crippen LogP contribution is 2.36. The highest BCUT2D eigenvalue weighted by Gasteiger charge is 2.29. The van der Waals surface area contributed by atoms with E-state index in [1.807, 2.05) is 0 Å². The summed E-state index contributed by atoms with van der Waals surface area (Å²) in [6.45, 7) is 1.27. The van der Waals surface area contributed by atoms with E-state index in [9.17, 15) is 23.6 Å². The number of nitrogens with zero attached hydrogens (tertiary/aromatic N) is 2. The molecule has 1 aromatic carbocycles. The third-order valence-corrected chi connectivity index (χ3v) is 6.02. The maximum Gasteiger partial charge on any atom is 0.350 e. The minimum absolute atomic E-state index is 0.00625. The minimum Gasteiger partial charge on any atom is -0.450 e. The summed E-state index contributed by atoms with van der Waals surface area (Å²) in [5.74, 6) is -2.59. The number of benzene rings is 1. The van der Waals surface area contributed by atoms with Crippen molar-refractivity contribution < 1.29 is 18.7 Å². The Hall–Kier alpha value is -2.98. The molecule has 3 rings (SSSR count). The van der Waals surface area contributed by atoms with Crippen LogP contribution in [0.4, 0.5) is 10.2 Å². The molecule has 2 aromatic heterocycles. The lowest BCUT2D eigenvalue weighted by Gasteiger charge is -2.15. The normalized spacial score (nSPS) is 12.2. The molecule has 0 aliphatic carbocycles.